The summed E-state index contributed by atoms with van der Waals surface area (Å²) in [5.41, 5.74) is 0. The Balaban J connectivity index is 0. The Morgan fingerprint density at radius 3 is 2.00 bits per heavy atom. The summed E-state index contributed by atoms with van der Waals surface area (Å²) in [7, 11) is 0. The van der Waals surface area contributed by atoms with Crippen LogP contribution in [0.15, 0.2) is 0 Å². The second-order valence-corrected chi connectivity index (χ2v) is 2.70. The van der Waals surface area contributed by atoms with Gasteiger partial charge in [0.05, 0.1) is 5.92 Å². The van der Waals surface area contributed by atoms with Crippen molar-refractivity contribution < 1.29 is 15.0 Å². The molecule has 0 aliphatic carbocycles. The van der Waals surface area contributed by atoms with Crippen molar-refractivity contribution in [2.45, 2.75) is 20.3 Å². The molecule has 1 unspecified atom stereocenters. The zero-order chi connectivity index (χ0) is 8.15. The van der Waals surface area contributed by atoms with E-state index in [1.165, 1.54) is 0 Å². The van der Waals surface area contributed by atoms with E-state index in [0.29, 0.717) is 6.42 Å². The van der Waals surface area contributed by atoms with Crippen LogP contribution in [0.2, 0.25) is 0 Å². The Hall–Kier alpha value is 0.430. The van der Waals surface area contributed by atoms with Gasteiger partial charge in [0.15, 0.2) is 0 Å². The predicted molar refractivity (Wildman–Crippen MR) is 44.8 cm³/mol. The summed E-state index contributed by atoms with van der Waals surface area (Å²) in [5.74, 6) is -1.11. The molecule has 0 heterocycles. The summed E-state index contributed by atoms with van der Waals surface area (Å²) in [6, 6.07) is 0. The quantitative estimate of drug-likeness (QED) is 0.587. The Bertz CT molecular complexity index is 114. The van der Waals surface area contributed by atoms with E-state index in [2.05, 4.69) is 0 Å². The van der Waals surface area contributed by atoms with E-state index in [4.69, 9.17) is 10.2 Å². The third-order valence-electron chi connectivity index (χ3n) is 1.56. The number of aliphatic hydroxyl groups is 1. The van der Waals surface area contributed by atoms with Gasteiger partial charge in [0.2, 0.25) is 0 Å². The van der Waals surface area contributed by atoms with Gasteiger partial charge in [-0.3, -0.25) is 4.79 Å². The van der Waals surface area contributed by atoms with Gasteiger partial charge >= 0.3 is 35.5 Å². The van der Waals surface area contributed by atoms with Crippen LogP contribution >= 0.6 is 0 Å². The maximum absolute atomic E-state index is 10.4. The third kappa shape index (κ3) is 5.67. The molecule has 0 radical (unpaired) electrons. The predicted octanol–water partition coefficient (Wildman–Crippen LogP) is 0.0771. The molecule has 0 spiro atoms. The average Bonchev–Trinajstić information content (AvgIpc) is 1.81. The van der Waals surface area contributed by atoms with Gasteiger partial charge in [-0.25, -0.2) is 0 Å². The molecule has 2 N–H and O–H groups in total. The maximum atomic E-state index is 10.4. The van der Waals surface area contributed by atoms with Gasteiger partial charge < -0.3 is 10.2 Å². The summed E-state index contributed by atoms with van der Waals surface area (Å²) >= 11 is 0. The first kappa shape index (κ1) is 14.0. The molecule has 0 fully saturated rings. The van der Waals surface area contributed by atoms with E-state index in [0.717, 1.165) is 0 Å². The van der Waals surface area contributed by atoms with E-state index in [1.54, 1.807) is 0 Å². The summed E-state index contributed by atoms with van der Waals surface area (Å²) in [5, 5.41) is 17.0. The summed E-state index contributed by atoms with van der Waals surface area (Å²) in [4.78, 5) is 10.4. The fourth-order valence-corrected chi connectivity index (χ4v) is 0.881. The Kier molecular flexibility index (Phi) is 9.02. The van der Waals surface area contributed by atoms with Crippen molar-refractivity contribution in [2.75, 3.05) is 6.61 Å². The van der Waals surface area contributed by atoms with E-state index in [1.807, 2.05) is 13.8 Å². The molecule has 0 aromatic carbocycles. The van der Waals surface area contributed by atoms with Crippen LogP contribution in [0.1, 0.15) is 20.3 Å². The van der Waals surface area contributed by atoms with Gasteiger partial charge in [-0.15, -0.1) is 0 Å². The topological polar surface area (TPSA) is 57.5 Å². The van der Waals surface area contributed by atoms with Crippen LogP contribution < -0.4 is 0 Å². The standard InChI is InChI=1S/C7H14O3.Na.H/c1-5(2)6(3-4-8)7(9)10;;/h5-6,8H,3-4H2,1-2H3,(H,9,10);;. The van der Waals surface area contributed by atoms with Gasteiger partial charge in [0, 0.05) is 6.61 Å². The van der Waals surface area contributed by atoms with Crippen LogP contribution in [-0.2, 0) is 4.79 Å². The Labute approximate surface area is 89.1 Å². The SMILES string of the molecule is CC(C)C(CCO)C(=O)O.[NaH]. The molecule has 0 saturated carbocycles. The number of rotatable bonds is 4. The van der Waals surface area contributed by atoms with Crippen LogP contribution in [0.3, 0.4) is 0 Å². The number of aliphatic carboxylic acids is 1. The molecule has 0 aliphatic heterocycles. The van der Waals surface area contributed by atoms with Crippen LogP contribution in [0.5, 0.6) is 0 Å². The Morgan fingerprint density at radius 1 is 1.45 bits per heavy atom. The molecule has 0 aromatic rings. The molecular weight excluding hydrogens is 155 g/mol. The van der Waals surface area contributed by atoms with Gasteiger partial charge in [0.25, 0.3) is 0 Å². The van der Waals surface area contributed by atoms with Crippen molar-refractivity contribution in [3.63, 3.8) is 0 Å². The molecule has 11 heavy (non-hydrogen) atoms. The molecule has 62 valence electrons. The summed E-state index contributed by atoms with van der Waals surface area (Å²) in [6.07, 6.45) is 0.354. The molecular formula is C7H15NaO3. The van der Waals surface area contributed by atoms with Gasteiger partial charge in [-0.1, -0.05) is 13.8 Å². The van der Waals surface area contributed by atoms with Crippen LogP contribution in [-0.4, -0.2) is 52.3 Å². The number of carboxylic acids is 1. The monoisotopic (exact) mass is 170 g/mol. The van der Waals surface area contributed by atoms with Crippen molar-refractivity contribution in [1.82, 2.24) is 0 Å². The van der Waals surface area contributed by atoms with E-state index in [9.17, 15) is 4.79 Å². The first-order valence-corrected chi connectivity index (χ1v) is 3.43. The summed E-state index contributed by atoms with van der Waals surface area (Å²) < 4.78 is 0. The van der Waals surface area contributed by atoms with E-state index < -0.39 is 11.9 Å². The van der Waals surface area contributed by atoms with Crippen molar-refractivity contribution in [3.8, 4) is 0 Å². The number of carboxylic acid groups (broad SMARTS) is 1. The van der Waals surface area contributed by atoms with Crippen LogP contribution in [0.25, 0.3) is 0 Å². The van der Waals surface area contributed by atoms with Gasteiger partial charge in [0.1, 0.15) is 0 Å². The number of carbonyl (C=O) groups is 1. The van der Waals surface area contributed by atoms with Gasteiger partial charge in [-0.05, 0) is 12.3 Å². The minimum absolute atomic E-state index is 0. The molecule has 3 nitrogen and oxygen atoms in total. The normalized spacial score (nSPS) is 12.4. The average molecular weight is 170 g/mol. The van der Waals surface area contributed by atoms with Crippen molar-refractivity contribution in [2.24, 2.45) is 11.8 Å². The molecule has 1 atom stereocenters. The van der Waals surface area contributed by atoms with Crippen LogP contribution in [0, 0.1) is 11.8 Å². The van der Waals surface area contributed by atoms with Crippen LogP contribution in [0.4, 0.5) is 0 Å². The second kappa shape index (κ2) is 7.10. The number of aliphatic hydroxyl groups excluding tert-OH is 1. The molecule has 0 aromatic heterocycles. The summed E-state index contributed by atoms with van der Waals surface area (Å²) in [6.45, 7) is 3.64. The fourth-order valence-electron chi connectivity index (χ4n) is 0.881. The molecule has 0 amide bonds. The molecule has 0 bridgehead atoms. The van der Waals surface area contributed by atoms with Crippen molar-refractivity contribution in [3.05, 3.63) is 0 Å². The van der Waals surface area contributed by atoms with Gasteiger partial charge in [-0.2, -0.15) is 0 Å². The third-order valence-corrected chi connectivity index (χ3v) is 1.56. The molecule has 4 heteroatoms. The van der Waals surface area contributed by atoms with E-state index in [-0.39, 0.29) is 42.1 Å². The Morgan fingerprint density at radius 2 is 1.91 bits per heavy atom. The zero-order valence-electron chi connectivity index (χ0n) is 6.37. The molecule has 0 aliphatic rings. The van der Waals surface area contributed by atoms with Crippen molar-refractivity contribution in [1.29, 1.82) is 0 Å². The minimum atomic E-state index is -0.816. The fraction of sp³-hybridized carbons (Fsp3) is 0.857. The van der Waals surface area contributed by atoms with Crippen molar-refractivity contribution >= 4 is 35.5 Å². The zero-order valence-corrected chi connectivity index (χ0v) is 6.37. The number of hydrogen-bond acceptors (Lipinski definition) is 2. The molecule has 0 saturated heterocycles. The second-order valence-electron chi connectivity index (χ2n) is 2.70. The number of hydrogen-bond donors (Lipinski definition) is 2. The first-order chi connectivity index (χ1) is 4.59. The first-order valence-electron chi connectivity index (χ1n) is 3.43. The molecule has 0 rings (SSSR count). The van der Waals surface area contributed by atoms with E-state index >= 15 is 0 Å².